The first-order chi connectivity index (χ1) is 14.9. The van der Waals surface area contributed by atoms with E-state index in [1.807, 2.05) is 24.3 Å². The van der Waals surface area contributed by atoms with E-state index in [1.54, 1.807) is 34.6 Å². The van der Waals surface area contributed by atoms with Gasteiger partial charge in [0.25, 0.3) is 0 Å². The summed E-state index contributed by atoms with van der Waals surface area (Å²) in [4.78, 5) is 17.9. The normalized spacial score (nSPS) is 19.5. The van der Waals surface area contributed by atoms with Crippen molar-refractivity contribution in [3.8, 4) is 5.75 Å². The van der Waals surface area contributed by atoms with E-state index in [1.165, 1.54) is 5.56 Å². The predicted octanol–water partition coefficient (Wildman–Crippen LogP) is 4.93. The Balaban J connectivity index is 1.55. The first-order valence-electron chi connectivity index (χ1n) is 10.4. The van der Waals surface area contributed by atoms with Crippen molar-refractivity contribution < 1.29 is 9.90 Å². The minimum atomic E-state index is -0.402. The SMILES string of the molecule is CC1(C)CC(=O)C2=C(C1)Nc1nc(SCc3ccccc3)nn1[C@H]2c1cccc(O)c1. The fraction of sp³-hybridized carbons (Fsp3) is 0.292. The van der Waals surface area contributed by atoms with Crippen LogP contribution in [-0.2, 0) is 10.5 Å². The van der Waals surface area contributed by atoms with Gasteiger partial charge in [-0.2, -0.15) is 4.98 Å². The standard InChI is InChI=1S/C24H24N4O2S/c1-24(2)12-18-20(19(30)13-24)21(16-9-6-10-17(29)11-16)28-22(25-18)26-23(27-28)31-14-15-7-4-3-5-8-15/h3-11,21,29H,12-14H2,1-2H3,(H,25,26,27)/t21-/m0/s1. The van der Waals surface area contributed by atoms with Crippen LogP contribution in [-0.4, -0.2) is 25.7 Å². The lowest BCUT2D eigenvalue weighted by atomic mass is 9.73. The van der Waals surface area contributed by atoms with Crippen LogP contribution in [0.2, 0.25) is 0 Å². The number of aromatic nitrogens is 3. The van der Waals surface area contributed by atoms with Crippen LogP contribution in [0, 0.1) is 5.41 Å². The van der Waals surface area contributed by atoms with E-state index in [-0.39, 0.29) is 16.9 Å². The molecule has 0 spiro atoms. The Morgan fingerprint density at radius 3 is 2.74 bits per heavy atom. The molecule has 3 aromatic rings. The Hall–Kier alpha value is -3.06. The van der Waals surface area contributed by atoms with Crippen molar-refractivity contribution in [3.05, 3.63) is 77.0 Å². The topological polar surface area (TPSA) is 80.0 Å². The number of hydrogen-bond acceptors (Lipinski definition) is 6. The average molecular weight is 433 g/mol. The van der Waals surface area contributed by atoms with Crippen LogP contribution in [0.4, 0.5) is 5.95 Å². The summed E-state index contributed by atoms with van der Waals surface area (Å²) in [6, 6.07) is 16.9. The van der Waals surface area contributed by atoms with Crippen molar-refractivity contribution in [1.82, 2.24) is 14.8 Å². The quantitative estimate of drug-likeness (QED) is 0.569. The lowest BCUT2D eigenvalue weighted by Gasteiger charge is -2.38. The van der Waals surface area contributed by atoms with Gasteiger partial charge in [-0.05, 0) is 35.1 Å². The fourth-order valence-corrected chi connectivity index (χ4v) is 5.16. The molecule has 0 saturated carbocycles. The van der Waals surface area contributed by atoms with Gasteiger partial charge in [0.1, 0.15) is 11.8 Å². The third-order valence-corrected chi connectivity index (χ3v) is 6.62. The molecule has 2 aromatic carbocycles. The highest BCUT2D eigenvalue weighted by Crippen LogP contribution is 2.46. The summed E-state index contributed by atoms with van der Waals surface area (Å²) in [5.74, 6) is 1.68. The molecule has 1 aliphatic carbocycles. The number of carbonyl (C=O) groups is 1. The number of nitrogens with zero attached hydrogens (tertiary/aromatic N) is 3. The number of carbonyl (C=O) groups excluding carboxylic acids is 1. The molecule has 1 aliphatic heterocycles. The first kappa shape index (κ1) is 19.9. The van der Waals surface area contributed by atoms with Crippen LogP contribution in [0.5, 0.6) is 5.75 Å². The van der Waals surface area contributed by atoms with Gasteiger partial charge in [-0.15, -0.1) is 5.10 Å². The van der Waals surface area contributed by atoms with Gasteiger partial charge in [-0.3, -0.25) is 4.79 Å². The Bertz CT molecular complexity index is 1180. The molecular weight excluding hydrogens is 408 g/mol. The molecule has 0 fully saturated rings. The van der Waals surface area contributed by atoms with Crippen molar-refractivity contribution >= 4 is 23.5 Å². The molecule has 0 radical (unpaired) electrons. The molecule has 5 rings (SSSR count). The number of hydrogen-bond donors (Lipinski definition) is 2. The molecule has 0 unspecified atom stereocenters. The van der Waals surface area contributed by atoms with Crippen LogP contribution >= 0.6 is 11.8 Å². The number of rotatable bonds is 4. The molecule has 7 heteroatoms. The van der Waals surface area contributed by atoms with Crippen LogP contribution in [0.1, 0.15) is 43.9 Å². The number of anilines is 1. The molecule has 2 N–H and O–H groups in total. The molecule has 1 aromatic heterocycles. The highest BCUT2D eigenvalue weighted by molar-refractivity contribution is 7.98. The van der Waals surface area contributed by atoms with E-state index in [4.69, 9.17) is 10.1 Å². The summed E-state index contributed by atoms with van der Waals surface area (Å²) in [6.07, 6.45) is 1.26. The predicted molar refractivity (Wildman–Crippen MR) is 121 cm³/mol. The molecule has 6 nitrogen and oxygen atoms in total. The van der Waals surface area contributed by atoms with E-state index in [0.29, 0.717) is 17.5 Å². The molecule has 31 heavy (non-hydrogen) atoms. The molecule has 0 amide bonds. The molecule has 1 atom stereocenters. The number of Topliss-reactive ketones (excluding diaryl/α,β-unsaturated/α-hetero) is 1. The van der Waals surface area contributed by atoms with Crippen molar-refractivity contribution in [2.45, 2.75) is 43.6 Å². The first-order valence-corrected chi connectivity index (χ1v) is 11.3. The van der Waals surface area contributed by atoms with Gasteiger partial charge < -0.3 is 10.4 Å². The van der Waals surface area contributed by atoms with Gasteiger partial charge in [0.2, 0.25) is 11.1 Å². The number of phenolic OH excluding ortho intramolecular Hbond substituents is 1. The van der Waals surface area contributed by atoms with E-state index < -0.39 is 6.04 Å². The third kappa shape index (κ3) is 3.85. The van der Waals surface area contributed by atoms with Crippen LogP contribution in [0.25, 0.3) is 0 Å². The van der Waals surface area contributed by atoms with E-state index in [2.05, 4.69) is 31.3 Å². The number of aromatic hydroxyl groups is 1. The minimum Gasteiger partial charge on any atom is -0.508 e. The third-order valence-electron chi connectivity index (χ3n) is 5.71. The maximum Gasteiger partial charge on any atom is 0.227 e. The Labute approximate surface area is 185 Å². The molecule has 0 bridgehead atoms. The number of benzene rings is 2. The minimum absolute atomic E-state index is 0.112. The number of fused-ring (bicyclic) bond motifs is 1. The molecule has 2 aliphatic rings. The summed E-state index contributed by atoms with van der Waals surface area (Å²) >= 11 is 1.57. The smallest absolute Gasteiger partial charge is 0.227 e. The van der Waals surface area contributed by atoms with E-state index in [0.717, 1.165) is 29.0 Å². The highest BCUT2D eigenvalue weighted by atomic mass is 32.2. The van der Waals surface area contributed by atoms with Gasteiger partial charge in [0.05, 0.1) is 0 Å². The second kappa shape index (κ2) is 7.57. The summed E-state index contributed by atoms with van der Waals surface area (Å²) < 4.78 is 1.79. The van der Waals surface area contributed by atoms with Gasteiger partial charge >= 0.3 is 0 Å². The summed E-state index contributed by atoms with van der Waals surface area (Å²) in [5.41, 5.74) is 3.55. The van der Waals surface area contributed by atoms with Crippen LogP contribution < -0.4 is 5.32 Å². The van der Waals surface area contributed by atoms with Crippen molar-refractivity contribution in [2.24, 2.45) is 5.41 Å². The van der Waals surface area contributed by atoms with Gasteiger partial charge in [0.15, 0.2) is 5.78 Å². The number of thioether (sulfide) groups is 1. The lowest BCUT2D eigenvalue weighted by molar-refractivity contribution is -0.118. The lowest BCUT2D eigenvalue weighted by Crippen LogP contribution is -2.36. The zero-order valence-corrected chi connectivity index (χ0v) is 18.3. The van der Waals surface area contributed by atoms with Crippen LogP contribution in [0.3, 0.4) is 0 Å². The zero-order valence-electron chi connectivity index (χ0n) is 17.5. The maximum atomic E-state index is 13.2. The fourth-order valence-electron chi connectivity index (χ4n) is 4.38. The Kier molecular flexibility index (Phi) is 4.85. The number of allylic oxidation sites excluding steroid dienone is 2. The van der Waals surface area contributed by atoms with Crippen molar-refractivity contribution in [2.75, 3.05) is 5.32 Å². The summed E-state index contributed by atoms with van der Waals surface area (Å²) in [5, 5.41) is 18.9. The average Bonchev–Trinajstić information content (AvgIpc) is 3.13. The number of phenols is 1. The van der Waals surface area contributed by atoms with Gasteiger partial charge in [-0.25, -0.2) is 4.68 Å². The van der Waals surface area contributed by atoms with Gasteiger partial charge in [-0.1, -0.05) is 68.1 Å². The van der Waals surface area contributed by atoms with Crippen molar-refractivity contribution in [1.29, 1.82) is 0 Å². The molecular formula is C24H24N4O2S. The molecule has 158 valence electrons. The zero-order chi connectivity index (χ0) is 21.6. The maximum absolute atomic E-state index is 13.2. The Morgan fingerprint density at radius 1 is 1.16 bits per heavy atom. The second-order valence-electron chi connectivity index (χ2n) is 8.89. The highest BCUT2D eigenvalue weighted by Gasteiger charge is 2.41. The molecule has 2 heterocycles. The van der Waals surface area contributed by atoms with Gasteiger partial charge in [0, 0.05) is 23.4 Å². The van der Waals surface area contributed by atoms with E-state index in [9.17, 15) is 9.90 Å². The van der Waals surface area contributed by atoms with E-state index >= 15 is 0 Å². The number of ketones is 1. The largest absolute Gasteiger partial charge is 0.508 e. The Morgan fingerprint density at radius 2 is 1.97 bits per heavy atom. The second-order valence-corrected chi connectivity index (χ2v) is 9.84. The number of nitrogens with one attached hydrogen (secondary N) is 1. The summed E-state index contributed by atoms with van der Waals surface area (Å²) in [6.45, 7) is 4.22. The van der Waals surface area contributed by atoms with Crippen molar-refractivity contribution in [3.63, 3.8) is 0 Å². The monoisotopic (exact) mass is 432 g/mol. The molecule has 0 saturated heterocycles. The summed E-state index contributed by atoms with van der Waals surface area (Å²) in [7, 11) is 0. The van der Waals surface area contributed by atoms with Crippen LogP contribution in [0.15, 0.2) is 71.0 Å².